The Morgan fingerprint density at radius 1 is 1.32 bits per heavy atom. The SMILES string of the molecule is Cc1ccc2c(c1)N(CC(=O)NC1CCCC1)C(=O)C(CC(=O)O)O2. The van der Waals surface area contributed by atoms with Gasteiger partial charge in [-0.1, -0.05) is 18.9 Å². The second-order valence-electron chi connectivity index (χ2n) is 6.65. The fourth-order valence-corrected chi connectivity index (χ4v) is 3.37. The molecule has 7 heteroatoms. The standard InChI is InChI=1S/C18H22N2O5/c1-11-6-7-14-13(8-11)20(18(24)15(25-14)9-17(22)23)10-16(21)19-12-4-2-3-5-12/h6-8,12,15H,2-5,9-10H2,1H3,(H,19,21)(H,22,23). The number of carboxylic acid groups (broad SMARTS) is 1. The highest BCUT2D eigenvalue weighted by Gasteiger charge is 2.37. The molecule has 7 nitrogen and oxygen atoms in total. The molecule has 2 amide bonds. The number of carbonyl (C=O) groups excluding carboxylic acids is 2. The number of aryl methyl sites for hydroxylation is 1. The lowest BCUT2D eigenvalue weighted by atomic mass is 10.1. The van der Waals surface area contributed by atoms with Gasteiger partial charge in [0.1, 0.15) is 12.3 Å². The third-order valence-electron chi connectivity index (χ3n) is 4.60. The van der Waals surface area contributed by atoms with Crippen LogP contribution in [0.25, 0.3) is 0 Å². The number of hydrogen-bond acceptors (Lipinski definition) is 4. The van der Waals surface area contributed by atoms with Gasteiger partial charge in [0.15, 0.2) is 6.10 Å². The maximum atomic E-state index is 12.7. The Balaban J connectivity index is 1.81. The van der Waals surface area contributed by atoms with E-state index in [4.69, 9.17) is 9.84 Å². The second kappa shape index (κ2) is 7.13. The molecule has 1 atom stereocenters. The summed E-state index contributed by atoms with van der Waals surface area (Å²) in [5.41, 5.74) is 1.43. The lowest BCUT2D eigenvalue weighted by Crippen LogP contribution is -2.51. The van der Waals surface area contributed by atoms with Crippen LogP contribution in [0.15, 0.2) is 18.2 Å². The zero-order valence-electron chi connectivity index (χ0n) is 14.2. The maximum absolute atomic E-state index is 12.7. The van der Waals surface area contributed by atoms with E-state index in [9.17, 15) is 14.4 Å². The number of rotatable bonds is 5. The minimum Gasteiger partial charge on any atom is -0.481 e. The van der Waals surface area contributed by atoms with Crippen LogP contribution in [-0.4, -0.2) is 41.6 Å². The molecule has 0 saturated heterocycles. The molecule has 1 aliphatic heterocycles. The molecule has 1 aromatic rings. The average molecular weight is 346 g/mol. The van der Waals surface area contributed by atoms with Crippen molar-refractivity contribution >= 4 is 23.5 Å². The first kappa shape index (κ1) is 17.3. The summed E-state index contributed by atoms with van der Waals surface area (Å²) < 4.78 is 5.55. The molecule has 0 aromatic heterocycles. The van der Waals surface area contributed by atoms with E-state index in [0.29, 0.717) is 11.4 Å². The van der Waals surface area contributed by atoms with Crippen LogP contribution in [0.2, 0.25) is 0 Å². The van der Waals surface area contributed by atoms with E-state index in [2.05, 4.69) is 5.32 Å². The molecule has 0 radical (unpaired) electrons. The van der Waals surface area contributed by atoms with E-state index < -0.39 is 24.4 Å². The van der Waals surface area contributed by atoms with Gasteiger partial charge in [-0.15, -0.1) is 0 Å². The number of carbonyl (C=O) groups is 3. The molecule has 1 fully saturated rings. The van der Waals surface area contributed by atoms with E-state index in [1.54, 1.807) is 12.1 Å². The summed E-state index contributed by atoms with van der Waals surface area (Å²) in [7, 11) is 0. The van der Waals surface area contributed by atoms with Crippen LogP contribution in [-0.2, 0) is 14.4 Å². The van der Waals surface area contributed by atoms with E-state index in [1.165, 1.54) is 4.90 Å². The van der Waals surface area contributed by atoms with Crippen LogP contribution in [0.4, 0.5) is 5.69 Å². The van der Waals surface area contributed by atoms with Crippen molar-refractivity contribution in [3.05, 3.63) is 23.8 Å². The third-order valence-corrected chi connectivity index (χ3v) is 4.60. The molecular formula is C18H22N2O5. The van der Waals surface area contributed by atoms with Gasteiger partial charge in [-0.05, 0) is 37.5 Å². The largest absolute Gasteiger partial charge is 0.481 e. The lowest BCUT2D eigenvalue weighted by Gasteiger charge is -2.34. The topological polar surface area (TPSA) is 95.9 Å². The van der Waals surface area contributed by atoms with Gasteiger partial charge in [-0.2, -0.15) is 0 Å². The van der Waals surface area contributed by atoms with Gasteiger partial charge in [0.05, 0.1) is 12.1 Å². The zero-order chi connectivity index (χ0) is 18.0. The monoisotopic (exact) mass is 346 g/mol. The van der Waals surface area contributed by atoms with Crippen LogP contribution in [0, 0.1) is 6.92 Å². The number of ether oxygens (including phenoxy) is 1. The summed E-state index contributed by atoms with van der Waals surface area (Å²) >= 11 is 0. The molecule has 1 unspecified atom stereocenters. The molecule has 1 aromatic carbocycles. The van der Waals surface area contributed by atoms with Crippen molar-refractivity contribution in [3.63, 3.8) is 0 Å². The second-order valence-corrected chi connectivity index (χ2v) is 6.65. The number of amides is 2. The zero-order valence-corrected chi connectivity index (χ0v) is 14.2. The first-order chi connectivity index (χ1) is 11.9. The van der Waals surface area contributed by atoms with Gasteiger partial charge >= 0.3 is 5.97 Å². The number of carboxylic acids is 1. The van der Waals surface area contributed by atoms with E-state index in [1.807, 2.05) is 13.0 Å². The Morgan fingerprint density at radius 2 is 2.04 bits per heavy atom. The van der Waals surface area contributed by atoms with Crippen molar-refractivity contribution in [2.24, 2.45) is 0 Å². The number of nitrogens with one attached hydrogen (secondary N) is 1. The predicted octanol–water partition coefficient (Wildman–Crippen LogP) is 1.62. The van der Waals surface area contributed by atoms with Gasteiger partial charge in [0.25, 0.3) is 5.91 Å². The van der Waals surface area contributed by atoms with Gasteiger partial charge in [0, 0.05) is 6.04 Å². The quantitative estimate of drug-likeness (QED) is 0.845. The molecule has 0 bridgehead atoms. The molecule has 3 rings (SSSR count). The smallest absolute Gasteiger partial charge is 0.307 e. The molecule has 1 aliphatic carbocycles. The molecule has 1 heterocycles. The Kier molecular flexibility index (Phi) is 4.92. The van der Waals surface area contributed by atoms with E-state index in [-0.39, 0.29) is 18.5 Å². The number of aliphatic carboxylic acids is 1. The van der Waals surface area contributed by atoms with Crippen molar-refractivity contribution in [3.8, 4) is 5.75 Å². The first-order valence-electron chi connectivity index (χ1n) is 8.54. The molecule has 2 N–H and O–H groups in total. The molecular weight excluding hydrogens is 324 g/mol. The normalized spacial score (nSPS) is 20.1. The number of nitrogens with zero attached hydrogens (tertiary/aromatic N) is 1. The highest BCUT2D eigenvalue weighted by Crippen LogP contribution is 2.35. The van der Waals surface area contributed by atoms with Crippen LogP contribution < -0.4 is 15.0 Å². The van der Waals surface area contributed by atoms with Crippen LogP contribution >= 0.6 is 0 Å². The molecule has 1 saturated carbocycles. The lowest BCUT2D eigenvalue weighted by molar-refractivity contribution is -0.142. The van der Waals surface area contributed by atoms with Gasteiger partial charge in [0.2, 0.25) is 5.91 Å². The Hall–Kier alpha value is -2.57. The van der Waals surface area contributed by atoms with E-state index >= 15 is 0 Å². The number of hydrogen-bond donors (Lipinski definition) is 2. The van der Waals surface area contributed by atoms with Crippen molar-refractivity contribution < 1.29 is 24.2 Å². The summed E-state index contributed by atoms with van der Waals surface area (Å²) in [5, 5.41) is 12.0. The van der Waals surface area contributed by atoms with Crippen LogP contribution in [0.5, 0.6) is 5.75 Å². The molecule has 2 aliphatic rings. The van der Waals surface area contributed by atoms with Crippen molar-refractivity contribution in [1.82, 2.24) is 5.32 Å². The predicted molar refractivity (Wildman–Crippen MR) is 90.6 cm³/mol. The Labute approximate surface area is 146 Å². The minimum atomic E-state index is -1.12. The number of anilines is 1. The summed E-state index contributed by atoms with van der Waals surface area (Å²) in [5.74, 6) is -1.43. The fourth-order valence-electron chi connectivity index (χ4n) is 3.37. The van der Waals surface area contributed by atoms with Crippen LogP contribution in [0.1, 0.15) is 37.7 Å². The molecule has 0 spiro atoms. The van der Waals surface area contributed by atoms with E-state index in [0.717, 1.165) is 31.2 Å². The van der Waals surface area contributed by atoms with Gasteiger partial charge in [-0.3, -0.25) is 19.3 Å². The highest BCUT2D eigenvalue weighted by molar-refractivity contribution is 6.05. The first-order valence-corrected chi connectivity index (χ1v) is 8.54. The Bertz CT molecular complexity index is 697. The highest BCUT2D eigenvalue weighted by atomic mass is 16.5. The summed E-state index contributed by atoms with van der Waals surface area (Å²) in [6, 6.07) is 5.46. The maximum Gasteiger partial charge on any atom is 0.307 e. The van der Waals surface area contributed by atoms with Crippen molar-refractivity contribution in [2.75, 3.05) is 11.4 Å². The molecule has 134 valence electrons. The van der Waals surface area contributed by atoms with Crippen molar-refractivity contribution in [2.45, 2.75) is 51.2 Å². The fraction of sp³-hybridized carbons (Fsp3) is 0.500. The summed E-state index contributed by atoms with van der Waals surface area (Å²) in [4.78, 5) is 37.4. The Morgan fingerprint density at radius 3 is 2.72 bits per heavy atom. The summed E-state index contributed by atoms with van der Waals surface area (Å²) in [6.45, 7) is 1.75. The summed E-state index contributed by atoms with van der Waals surface area (Å²) in [6.07, 6.45) is 2.56. The van der Waals surface area contributed by atoms with Crippen molar-refractivity contribution in [1.29, 1.82) is 0 Å². The minimum absolute atomic E-state index is 0.134. The number of benzene rings is 1. The average Bonchev–Trinajstić information content (AvgIpc) is 3.04. The van der Waals surface area contributed by atoms with Gasteiger partial charge in [-0.25, -0.2) is 0 Å². The molecule has 25 heavy (non-hydrogen) atoms. The third kappa shape index (κ3) is 3.92. The van der Waals surface area contributed by atoms with Gasteiger partial charge < -0.3 is 15.2 Å². The number of fused-ring (bicyclic) bond motifs is 1. The van der Waals surface area contributed by atoms with Crippen LogP contribution in [0.3, 0.4) is 0 Å².